The first-order valence-electron chi connectivity index (χ1n) is 6.21. The predicted octanol–water partition coefficient (Wildman–Crippen LogP) is 0.908. The van der Waals surface area contributed by atoms with Gasteiger partial charge < -0.3 is 22.1 Å². The van der Waals surface area contributed by atoms with Gasteiger partial charge in [-0.05, 0) is 30.1 Å². The van der Waals surface area contributed by atoms with Gasteiger partial charge in [0, 0.05) is 12.6 Å². The fourth-order valence-corrected chi connectivity index (χ4v) is 3.37. The number of amides is 4. The lowest BCUT2D eigenvalue weighted by Crippen LogP contribution is -2.51. The Hall–Kier alpha value is -1.46. The Morgan fingerprint density at radius 1 is 1.17 bits per heavy atom. The summed E-state index contributed by atoms with van der Waals surface area (Å²) in [6.45, 7) is 6.93. The number of primary amides is 2. The average molecular weight is 256 g/mol. The summed E-state index contributed by atoms with van der Waals surface area (Å²) in [5.41, 5.74) is 10.3. The molecule has 0 aromatic rings. The smallest absolute Gasteiger partial charge is 0.312 e. The summed E-state index contributed by atoms with van der Waals surface area (Å²) in [4.78, 5) is 21.8. The van der Waals surface area contributed by atoms with Crippen LogP contribution < -0.4 is 22.1 Å². The van der Waals surface area contributed by atoms with Crippen LogP contribution in [0, 0.1) is 10.8 Å². The molecule has 0 aromatic carbocycles. The van der Waals surface area contributed by atoms with Crippen LogP contribution in [0.5, 0.6) is 0 Å². The third kappa shape index (κ3) is 4.43. The molecule has 0 radical (unpaired) electrons. The highest BCUT2D eigenvalue weighted by Gasteiger charge is 2.41. The van der Waals surface area contributed by atoms with E-state index in [2.05, 4.69) is 31.4 Å². The quantitative estimate of drug-likeness (QED) is 0.601. The highest BCUT2D eigenvalue weighted by molar-refractivity contribution is 5.72. The molecule has 0 bridgehead atoms. The van der Waals surface area contributed by atoms with E-state index < -0.39 is 12.1 Å². The molecule has 0 unspecified atom stereocenters. The van der Waals surface area contributed by atoms with Crippen molar-refractivity contribution in [2.45, 2.75) is 46.1 Å². The van der Waals surface area contributed by atoms with Crippen LogP contribution in [0.15, 0.2) is 0 Å². The lowest BCUT2D eigenvalue weighted by atomic mass is 9.62. The van der Waals surface area contributed by atoms with Crippen molar-refractivity contribution in [3.8, 4) is 0 Å². The van der Waals surface area contributed by atoms with Crippen molar-refractivity contribution >= 4 is 12.1 Å². The van der Waals surface area contributed by atoms with Crippen molar-refractivity contribution in [2.75, 3.05) is 6.54 Å². The van der Waals surface area contributed by atoms with Gasteiger partial charge in [0.2, 0.25) is 0 Å². The average Bonchev–Trinajstić information content (AvgIpc) is 2.10. The molecule has 6 nitrogen and oxygen atoms in total. The third-order valence-electron chi connectivity index (χ3n) is 3.48. The summed E-state index contributed by atoms with van der Waals surface area (Å²) in [7, 11) is 0. The van der Waals surface area contributed by atoms with Gasteiger partial charge in [0.1, 0.15) is 0 Å². The summed E-state index contributed by atoms with van der Waals surface area (Å²) >= 11 is 0. The van der Waals surface area contributed by atoms with Crippen molar-refractivity contribution in [3.63, 3.8) is 0 Å². The summed E-state index contributed by atoms with van der Waals surface area (Å²) in [6, 6.07) is -0.965. The van der Waals surface area contributed by atoms with Crippen LogP contribution in [0.3, 0.4) is 0 Å². The molecule has 1 fully saturated rings. The predicted molar refractivity (Wildman–Crippen MR) is 69.8 cm³/mol. The monoisotopic (exact) mass is 256 g/mol. The highest BCUT2D eigenvalue weighted by atomic mass is 16.2. The van der Waals surface area contributed by atoms with Crippen molar-refractivity contribution in [3.05, 3.63) is 0 Å². The molecule has 0 heterocycles. The maximum atomic E-state index is 11.0. The van der Waals surface area contributed by atoms with E-state index in [0.29, 0.717) is 6.54 Å². The van der Waals surface area contributed by atoms with Gasteiger partial charge in [-0.3, -0.25) is 0 Å². The van der Waals surface area contributed by atoms with E-state index in [1.54, 1.807) is 0 Å². The molecule has 6 N–H and O–H groups in total. The van der Waals surface area contributed by atoms with E-state index in [9.17, 15) is 9.59 Å². The number of carbonyl (C=O) groups excluding carboxylic acids is 2. The van der Waals surface area contributed by atoms with Gasteiger partial charge in [-0.1, -0.05) is 20.8 Å². The van der Waals surface area contributed by atoms with Gasteiger partial charge in [0.05, 0.1) is 0 Å². The highest BCUT2D eigenvalue weighted by Crippen LogP contribution is 2.45. The molecule has 104 valence electrons. The minimum Gasteiger partial charge on any atom is -0.352 e. The first-order valence-corrected chi connectivity index (χ1v) is 6.21. The molecule has 1 rings (SSSR count). The van der Waals surface area contributed by atoms with Crippen molar-refractivity contribution in [1.29, 1.82) is 0 Å². The van der Waals surface area contributed by atoms with Crippen molar-refractivity contribution in [2.24, 2.45) is 22.3 Å². The molecule has 0 saturated heterocycles. The molecule has 1 aliphatic carbocycles. The Kier molecular flexibility index (Phi) is 4.09. The first-order chi connectivity index (χ1) is 8.12. The Balaban J connectivity index is 2.72. The van der Waals surface area contributed by atoms with Gasteiger partial charge >= 0.3 is 12.1 Å². The molecule has 1 aliphatic rings. The van der Waals surface area contributed by atoms with Crippen LogP contribution in [0.4, 0.5) is 9.59 Å². The molecule has 0 aromatic heterocycles. The number of hydrogen-bond donors (Lipinski definition) is 4. The molecule has 0 spiro atoms. The van der Waals surface area contributed by atoms with Crippen LogP contribution in [0.2, 0.25) is 0 Å². The molecule has 0 aliphatic heterocycles. The van der Waals surface area contributed by atoms with E-state index in [1.165, 1.54) is 0 Å². The normalized spacial score (nSPS) is 30.5. The standard InChI is InChI=1S/C12H24N4O2/c1-11(2)4-8(16-10(14)18)5-12(3,6-11)7-15-9(13)17/h8H,4-7H2,1-3H3,(H3,13,15,17)(H3,14,16,18)/t8-,12-/m1/s1. The van der Waals surface area contributed by atoms with Crippen LogP contribution in [-0.2, 0) is 0 Å². The Bertz CT molecular complexity index is 343. The Morgan fingerprint density at radius 2 is 1.78 bits per heavy atom. The molecular weight excluding hydrogens is 232 g/mol. The van der Waals surface area contributed by atoms with E-state index in [4.69, 9.17) is 11.5 Å². The van der Waals surface area contributed by atoms with Crippen molar-refractivity contribution < 1.29 is 9.59 Å². The van der Waals surface area contributed by atoms with Crippen LogP contribution >= 0.6 is 0 Å². The van der Waals surface area contributed by atoms with E-state index in [-0.39, 0.29) is 16.9 Å². The Morgan fingerprint density at radius 3 is 2.28 bits per heavy atom. The van der Waals surface area contributed by atoms with E-state index >= 15 is 0 Å². The van der Waals surface area contributed by atoms with Gasteiger partial charge in [0.15, 0.2) is 0 Å². The first kappa shape index (κ1) is 14.6. The molecule has 2 atom stereocenters. The summed E-state index contributed by atoms with van der Waals surface area (Å²) in [6.07, 6.45) is 2.65. The van der Waals surface area contributed by atoms with E-state index in [1.807, 2.05) is 0 Å². The lowest BCUT2D eigenvalue weighted by Gasteiger charge is -2.46. The molecule has 4 amide bonds. The van der Waals surface area contributed by atoms with Gasteiger partial charge in [-0.15, -0.1) is 0 Å². The minimum atomic E-state index is -0.515. The maximum absolute atomic E-state index is 11.0. The fourth-order valence-electron chi connectivity index (χ4n) is 3.37. The zero-order valence-corrected chi connectivity index (χ0v) is 11.4. The number of urea groups is 2. The van der Waals surface area contributed by atoms with Gasteiger partial charge in [-0.25, -0.2) is 9.59 Å². The van der Waals surface area contributed by atoms with E-state index in [0.717, 1.165) is 19.3 Å². The van der Waals surface area contributed by atoms with Gasteiger partial charge in [-0.2, -0.15) is 0 Å². The second-order valence-electron chi connectivity index (χ2n) is 6.48. The maximum Gasteiger partial charge on any atom is 0.312 e. The summed E-state index contributed by atoms with van der Waals surface area (Å²) in [5, 5.41) is 5.44. The number of rotatable bonds is 3. The number of nitrogens with one attached hydrogen (secondary N) is 2. The number of hydrogen-bond acceptors (Lipinski definition) is 2. The molecular formula is C12H24N4O2. The fraction of sp³-hybridized carbons (Fsp3) is 0.833. The van der Waals surface area contributed by atoms with Crippen LogP contribution in [0.1, 0.15) is 40.0 Å². The van der Waals surface area contributed by atoms with Crippen LogP contribution in [-0.4, -0.2) is 24.6 Å². The van der Waals surface area contributed by atoms with Crippen molar-refractivity contribution in [1.82, 2.24) is 10.6 Å². The Labute approximate surface area is 108 Å². The lowest BCUT2D eigenvalue weighted by molar-refractivity contribution is 0.0757. The molecule has 18 heavy (non-hydrogen) atoms. The summed E-state index contributed by atoms with van der Waals surface area (Å²) in [5.74, 6) is 0. The molecule has 1 saturated carbocycles. The third-order valence-corrected chi connectivity index (χ3v) is 3.48. The summed E-state index contributed by atoms with van der Waals surface area (Å²) < 4.78 is 0. The second-order valence-corrected chi connectivity index (χ2v) is 6.48. The van der Waals surface area contributed by atoms with Crippen LogP contribution in [0.25, 0.3) is 0 Å². The zero-order valence-electron chi connectivity index (χ0n) is 11.4. The molecule has 6 heteroatoms. The number of carbonyl (C=O) groups is 2. The zero-order chi connectivity index (χ0) is 14.0. The minimum absolute atomic E-state index is 0.0472. The largest absolute Gasteiger partial charge is 0.352 e. The number of nitrogens with two attached hydrogens (primary N) is 2. The van der Waals surface area contributed by atoms with Gasteiger partial charge in [0.25, 0.3) is 0 Å². The second kappa shape index (κ2) is 5.04. The SMILES string of the molecule is CC1(C)C[C@@H](NC(N)=O)C[C@@](C)(CNC(N)=O)C1. The topological polar surface area (TPSA) is 110 Å².